The number of benzene rings is 2. The summed E-state index contributed by atoms with van der Waals surface area (Å²) in [6.45, 7) is 3.74. The molecular formula is C25H20ClNO5S. The van der Waals surface area contributed by atoms with Gasteiger partial charge in [0.05, 0.1) is 16.5 Å². The lowest BCUT2D eigenvalue weighted by Gasteiger charge is -2.06. The Balaban J connectivity index is 1.96. The number of thioether (sulfide) groups is 1. The fourth-order valence-electron chi connectivity index (χ4n) is 2.84. The van der Waals surface area contributed by atoms with E-state index < -0.39 is 11.9 Å². The first kappa shape index (κ1) is 24.2. The third-order valence-corrected chi connectivity index (χ3v) is 5.75. The number of ether oxygens (including phenoxy) is 2. The van der Waals surface area contributed by atoms with Crippen molar-refractivity contribution >= 4 is 46.4 Å². The van der Waals surface area contributed by atoms with Crippen LogP contribution in [0, 0.1) is 19.3 Å². The molecule has 2 aromatic rings. The van der Waals surface area contributed by atoms with Gasteiger partial charge in [0.15, 0.2) is 0 Å². The first-order valence-electron chi connectivity index (χ1n) is 9.90. The lowest BCUT2D eigenvalue weighted by Crippen LogP contribution is -2.14. The lowest BCUT2D eigenvalue weighted by molar-refractivity contribution is -0.138. The minimum absolute atomic E-state index is 0.0582. The molecule has 0 unspecified atom stereocenters. The summed E-state index contributed by atoms with van der Waals surface area (Å²) in [6, 6.07) is 11.9. The Morgan fingerprint density at radius 2 is 1.97 bits per heavy atom. The topological polar surface area (TPSA) is 85.2 Å². The van der Waals surface area contributed by atoms with Gasteiger partial charge in [-0.05, 0) is 49.8 Å². The standard InChI is InChI=1S/C25H20ClNO5S/c1-4-12-32-19-11-8-16(13-18(19)26)14-20-22(28)21(25(30)31-5-2)24(33-20)27-23(29)17-9-6-15(3)7-10-17/h1,6-11,13-14,28H,5,12H2,2-3H3. The predicted octanol–water partition coefficient (Wildman–Crippen LogP) is 5.36. The predicted molar refractivity (Wildman–Crippen MR) is 131 cm³/mol. The molecule has 0 saturated carbocycles. The fourth-order valence-corrected chi connectivity index (χ4v) is 4.10. The van der Waals surface area contributed by atoms with E-state index in [2.05, 4.69) is 10.9 Å². The number of esters is 1. The molecule has 0 aromatic heterocycles. The minimum atomic E-state index is -0.766. The van der Waals surface area contributed by atoms with E-state index in [0.717, 1.165) is 17.3 Å². The van der Waals surface area contributed by atoms with Gasteiger partial charge in [0.25, 0.3) is 5.91 Å². The molecule has 0 atom stereocenters. The highest BCUT2D eigenvalue weighted by Gasteiger charge is 2.34. The van der Waals surface area contributed by atoms with Gasteiger partial charge >= 0.3 is 5.97 Å². The lowest BCUT2D eigenvalue weighted by atomic mass is 10.1. The molecule has 1 aliphatic heterocycles. The summed E-state index contributed by atoms with van der Waals surface area (Å²) < 4.78 is 10.4. The zero-order chi connectivity index (χ0) is 24.0. The Hall–Kier alpha value is -3.47. The molecular weight excluding hydrogens is 462 g/mol. The van der Waals surface area contributed by atoms with Crippen LogP contribution in [0.2, 0.25) is 5.02 Å². The van der Waals surface area contributed by atoms with Gasteiger partial charge in [-0.1, -0.05) is 53.0 Å². The Morgan fingerprint density at radius 1 is 1.24 bits per heavy atom. The maximum atomic E-state index is 12.7. The van der Waals surface area contributed by atoms with Gasteiger partial charge < -0.3 is 14.6 Å². The van der Waals surface area contributed by atoms with Crippen LogP contribution in [0.1, 0.15) is 28.4 Å². The number of carbonyl (C=O) groups is 2. The SMILES string of the molecule is C#CCOc1ccc(C=C2SC(=NC(=O)c3ccc(C)cc3)C(C(=O)OCC)=C2O)cc1Cl. The molecule has 2 aromatic carbocycles. The molecule has 1 N–H and O–H groups in total. The molecule has 1 aliphatic rings. The highest BCUT2D eigenvalue weighted by Crippen LogP contribution is 2.40. The third kappa shape index (κ3) is 5.86. The van der Waals surface area contributed by atoms with Crippen LogP contribution in [0.25, 0.3) is 6.08 Å². The number of carbonyl (C=O) groups excluding carboxylic acids is 2. The van der Waals surface area contributed by atoms with Crippen molar-refractivity contribution < 1.29 is 24.2 Å². The van der Waals surface area contributed by atoms with Crippen molar-refractivity contribution in [1.29, 1.82) is 0 Å². The fraction of sp³-hybridized carbons (Fsp3) is 0.160. The summed E-state index contributed by atoms with van der Waals surface area (Å²) in [5, 5.41) is 11.1. The number of halogens is 1. The van der Waals surface area contributed by atoms with Gasteiger partial charge in [-0.25, -0.2) is 9.79 Å². The summed E-state index contributed by atoms with van der Waals surface area (Å²) in [6.07, 6.45) is 6.81. The van der Waals surface area contributed by atoms with E-state index in [0.29, 0.717) is 26.8 Å². The molecule has 1 amide bonds. The van der Waals surface area contributed by atoms with Gasteiger partial charge in [-0.3, -0.25) is 4.79 Å². The van der Waals surface area contributed by atoms with Crippen molar-refractivity contribution in [2.75, 3.05) is 13.2 Å². The number of nitrogens with zero attached hydrogens (tertiary/aromatic N) is 1. The number of aliphatic imine (C=N–C) groups is 1. The van der Waals surface area contributed by atoms with Crippen LogP contribution in [0.5, 0.6) is 5.75 Å². The molecule has 168 valence electrons. The van der Waals surface area contributed by atoms with Crippen molar-refractivity contribution in [3.05, 3.63) is 80.4 Å². The van der Waals surface area contributed by atoms with Gasteiger partial charge in [0, 0.05) is 5.56 Å². The Bertz CT molecular complexity index is 1220. The van der Waals surface area contributed by atoms with E-state index in [-0.39, 0.29) is 29.6 Å². The van der Waals surface area contributed by atoms with Crippen molar-refractivity contribution in [2.45, 2.75) is 13.8 Å². The first-order valence-corrected chi connectivity index (χ1v) is 11.1. The van der Waals surface area contributed by atoms with Gasteiger partial charge in [-0.15, -0.1) is 6.42 Å². The van der Waals surface area contributed by atoms with Crippen molar-refractivity contribution in [1.82, 2.24) is 0 Å². The second-order valence-electron chi connectivity index (χ2n) is 6.83. The minimum Gasteiger partial charge on any atom is -0.506 e. The number of aliphatic hydroxyl groups excluding tert-OH is 1. The van der Waals surface area contributed by atoms with E-state index >= 15 is 0 Å². The molecule has 8 heteroatoms. The highest BCUT2D eigenvalue weighted by molar-refractivity contribution is 8.18. The molecule has 0 saturated heterocycles. The van der Waals surface area contributed by atoms with Crippen molar-refractivity contribution in [2.24, 2.45) is 4.99 Å². The Labute approximate surface area is 201 Å². The van der Waals surface area contributed by atoms with E-state index in [9.17, 15) is 14.7 Å². The maximum Gasteiger partial charge on any atom is 0.344 e. The van der Waals surface area contributed by atoms with E-state index in [1.54, 1.807) is 55.5 Å². The number of hydrogen-bond donors (Lipinski definition) is 1. The monoisotopic (exact) mass is 481 g/mol. The van der Waals surface area contributed by atoms with E-state index in [1.165, 1.54) is 0 Å². The number of rotatable bonds is 6. The molecule has 0 fully saturated rings. The quantitative estimate of drug-likeness (QED) is 0.441. The summed E-state index contributed by atoms with van der Waals surface area (Å²) >= 11 is 7.23. The number of terminal acetylenes is 1. The molecule has 0 radical (unpaired) electrons. The average Bonchev–Trinajstić information content (AvgIpc) is 3.08. The van der Waals surface area contributed by atoms with Crippen LogP contribution < -0.4 is 4.74 Å². The van der Waals surface area contributed by atoms with Crippen LogP contribution in [0.15, 0.2) is 63.7 Å². The summed E-state index contributed by atoms with van der Waals surface area (Å²) in [5.41, 5.74) is 1.84. The Kier molecular flexibility index (Phi) is 7.99. The maximum absolute atomic E-state index is 12.7. The van der Waals surface area contributed by atoms with Crippen LogP contribution in [-0.4, -0.2) is 35.2 Å². The van der Waals surface area contributed by atoms with Crippen LogP contribution in [0.4, 0.5) is 0 Å². The smallest absolute Gasteiger partial charge is 0.344 e. The number of aryl methyl sites for hydroxylation is 1. The number of amides is 1. The molecule has 0 bridgehead atoms. The van der Waals surface area contributed by atoms with Crippen LogP contribution >= 0.6 is 23.4 Å². The highest BCUT2D eigenvalue weighted by atomic mass is 35.5. The van der Waals surface area contributed by atoms with E-state index in [4.69, 9.17) is 27.5 Å². The second-order valence-corrected chi connectivity index (χ2v) is 8.26. The molecule has 1 heterocycles. The van der Waals surface area contributed by atoms with Crippen LogP contribution in [0.3, 0.4) is 0 Å². The Morgan fingerprint density at radius 3 is 2.61 bits per heavy atom. The summed E-state index contributed by atoms with van der Waals surface area (Å²) in [5.74, 6) is 1.16. The van der Waals surface area contributed by atoms with Crippen molar-refractivity contribution in [3.63, 3.8) is 0 Å². The number of aliphatic hydroxyl groups is 1. The zero-order valence-corrected chi connectivity index (χ0v) is 19.5. The zero-order valence-electron chi connectivity index (χ0n) is 17.9. The van der Waals surface area contributed by atoms with Gasteiger partial charge in [0.1, 0.15) is 28.7 Å². The van der Waals surface area contributed by atoms with E-state index in [1.807, 2.05) is 6.92 Å². The van der Waals surface area contributed by atoms with Crippen molar-refractivity contribution in [3.8, 4) is 18.1 Å². The summed E-state index contributed by atoms with van der Waals surface area (Å²) in [4.78, 5) is 29.6. The second kappa shape index (κ2) is 10.9. The molecule has 0 aliphatic carbocycles. The molecule has 33 heavy (non-hydrogen) atoms. The first-order chi connectivity index (χ1) is 15.8. The van der Waals surface area contributed by atoms with Crippen LogP contribution in [-0.2, 0) is 9.53 Å². The summed E-state index contributed by atoms with van der Waals surface area (Å²) in [7, 11) is 0. The number of hydrogen-bond acceptors (Lipinski definition) is 6. The van der Waals surface area contributed by atoms with Gasteiger partial charge in [0.2, 0.25) is 0 Å². The molecule has 6 nitrogen and oxygen atoms in total. The normalized spacial score (nSPS) is 15.6. The third-order valence-electron chi connectivity index (χ3n) is 4.44. The molecule has 0 spiro atoms. The van der Waals surface area contributed by atoms with Gasteiger partial charge in [-0.2, -0.15) is 0 Å². The average molecular weight is 482 g/mol. The molecule has 3 rings (SSSR count). The largest absolute Gasteiger partial charge is 0.506 e.